The zero-order chi connectivity index (χ0) is 33.8. The van der Waals surface area contributed by atoms with Gasteiger partial charge in [0.1, 0.15) is 11.2 Å². The van der Waals surface area contributed by atoms with Crippen LogP contribution in [-0.4, -0.2) is 0 Å². The Morgan fingerprint density at radius 3 is 1.84 bits per heavy atom. The minimum absolute atomic E-state index is 0.0669. The normalized spacial score (nSPS) is 14.7. The van der Waals surface area contributed by atoms with E-state index in [1.807, 2.05) is 0 Å². The standard InChI is InChI=1S/C48H37NO/c1-47(2)39-20-12-9-18-36(39)45-40(47)26-27-43-46(45)37-25-23-32(29-44(37)50-43)49(42-21-13-10-16-33(42)30-14-6-5-7-15-30)31-22-24-35-34-17-8-11-19-38(34)48(3,4)41(35)28-31/h5-29H,1-4H3. The van der Waals surface area contributed by atoms with E-state index in [4.69, 9.17) is 4.42 Å². The van der Waals surface area contributed by atoms with Crippen LogP contribution >= 0.6 is 0 Å². The van der Waals surface area contributed by atoms with Crippen LogP contribution in [0.4, 0.5) is 17.1 Å². The Labute approximate surface area is 293 Å². The van der Waals surface area contributed by atoms with Gasteiger partial charge < -0.3 is 9.32 Å². The maximum absolute atomic E-state index is 6.76. The Hall–Kier alpha value is -5.86. The number of hydrogen-bond acceptors (Lipinski definition) is 2. The molecule has 0 unspecified atom stereocenters. The van der Waals surface area contributed by atoms with E-state index < -0.39 is 0 Å². The number of furan rings is 1. The Kier molecular flexibility index (Phi) is 6.01. The number of nitrogens with zero attached hydrogens (tertiary/aromatic N) is 1. The summed E-state index contributed by atoms with van der Waals surface area (Å²) >= 11 is 0. The van der Waals surface area contributed by atoms with Crippen molar-refractivity contribution in [2.24, 2.45) is 0 Å². The summed E-state index contributed by atoms with van der Waals surface area (Å²) in [6.45, 7) is 9.37. The van der Waals surface area contributed by atoms with Gasteiger partial charge in [-0.1, -0.05) is 137 Å². The first-order valence-corrected chi connectivity index (χ1v) is 17.6. The SMILES string of the molecule is CC1(C)c2ccccc2-c2ccc(N(c3ccc4c(c3)oc3ccc5c(c34)-c3ccccc3C5(C)C)c3ccccc3-c3ccccc3)cc21. The third-order valence-electron chi connectivity index (χ3n) is 11.5. The molecule has 2 aliphatic carbocycles. The third-order valence-corrected chi connectivity index (χ3v) is 11.5. The summed E-state index contributed by atoms with van der Waals surface area (Å²) in [6, 6.07) is 55.4. The molecule has 8 aromatic rings. The molecule has 240 valence electrons. The van der Waals surface area contributed by atoms with Crippen LogP contribution in [0.2, 0.25) is 0 Å². The number of anilines is 3. The topological polar surface area (TPSA) is 16.4 Å². The Morgan fingerprint density at radius 2 is 1.04 bits per heavy atom. The van der Waals surface area contributed by atoms with E-state index in [0.29, 0.717) is 0 Å². The average molecular weight is 644 g/mol. The molecular formula is C48H37NO. The summed E-state index contributed by atoms with van der Waals surface area (Å²) in [6.07, 6.45) is 0. The van der Waals surface area contributed by atoms with Gasteiger partial charge in [-0.2, -0.15) is 0 Å². The maximum Gasteiger partial charge on any atom is 0.137 e. The van der Waals surface area contributed by atoms with Crippen molar-refractivity contribution in [2.45, 2.75) is 38.5 Å². The summed E-state index contributed by atoms with van der Waals surface area (Å²) in [5.74, 6) is 0. The van der Waals surface area contributed by atoms with E-state index in [2.05, 4.69) is 184 Å². The number of benzene rings is 7. The van der Waals surface area contributed by atoms with Crippen LogP contribution in [0.1, 0.15) is 49.9 Å². The monoisotopic (exact) mass is 643 g/mol. The van der Waals surface area contributed by atoms with Gasteiger partial charge in [0, 0.05) is 44.6 Å². The van der Waals surface area contributed by atoms with Crippen molar-refractivity contribution in [2.75, 3.05) is 4.90 Å². The van der Waals surface area contributed by atoms with E-state index in [0.717, 1.165) is 33.6 Å². The largest absolute Gasteiger partial charge is 0.456 e. The molecule has 0 spiro atoms. The van der Waals surface area contributed by atoms with Gasteiger partial charge >= 0.3 is 0 Å². The van der Waals surface area contributed by atoms with E-state index in [9.17, 15) is 0 Å². The predicted octanol–water partition coefficient (Wildman–Crippen LogP) is 13.3. The van der Waals surface area contributed by atoms with Gasteiger partial charge in [0.2, 0.25) is 0 Å². The van der Waals surface area contributed by atoms with Crippen LogP contribution in [0.3, 0.4) is 0 Å². The maximum atomic E-state index is 6.76. The molecule has 1 aromatic heterocycles. The molecule has 0 aliphatic heterocycles. The zero-order valence-electron chi connectivity index (χ0n) is 28.8. The van der Waals surface area contributed by atoms with Gasteiger partial charge in [-0.3, -0.25) is 0 Å². The average Bonchev–Trinajstić information content (AvgIpc) is 3.72. The fourth-order valence-corrected chi connectivity index (χ4v) is 8.98. The van der Waals surface area contributed by atoms with Crippen molar-refractivity contribution < 1.29 is 4.42 Å². The van der Waals surface area contributed by atoms with E-state index >= 15 is 0 Å². The van der Waals surface area contributed by atoms with E-state index in [1.54, 1.807) is 0 Å². The second kappa shape index (κ2) is 10.3. The van der Waals surface area contributed by atoms with Crippen LogP contribution in [0.25, 0.3) is 55.3 Å². The molecule has 2 aliphatic rings. The second-order valence-electron chi connectivity index (χ2n) is 14.9. The van der Waals surface area contributed by atoms with Gasteiger partial charge in [0.15, 0.2) is 0 Å². The summed E-state index contributed by atoms with van der Waals surface area (Å²) in [4.78, 5) is 2.41. The number of rotatable bonds is 4. The quantitative estimate of drug-likeness (QED) is 0.190. The van der Waals surface area contributed by atoms with E-state index in [1.165, 1.54) is 61.0 Å². The van der Waals surface area contributed by atoms with Crippen LogP contribution < -0.4 is 4.90 Å². The highest BCUT2D eigenvalue weighted by Crippen LogP contribution is 2.54. The molecule has 1 heterocycles. The molecule has 2 nitrogen and oxygen atoms in total. The molecule has 0 atom stereocenters. The fourth-order valence-electron chi connectivity index (χ4n) is 8.98. The van der Waals surface area contributed by atoms with Crippen molar-refractivity contribution in [3.05, 3.63) is 174 Å². The zero-order valence-corrected chi connectivity index (χ0v) is 28.8. The highest BCUT2D eigenvalue weighted by Gasteiger charge is 2.38. The highest BCUT2D eigenvalue weighted by atomic mass is 16.3. The second-order valence-corrected chi connectivity index (χ2v) is 14.9. The number of hydrogen-bond donors (Lipinski definition) is 0. The Morgan fingerprint density at radius 1 is 0.440 bits per heavy atom. The van der Waals surface area contributed by atoms with Crippen molar-refractivity contribution in [1.82, 2.24) is 0 Å². The van der Waals surface area contributed by atoms with Gasteiger partial charge in [-0.05, 0) is 86.5 Å². The first-order chi connectivity index (χ1) is 24.3. The molecule has 10 rings (SSSR count). The lowest BCUT2D eigenvalue weighted by molar-refractivity contribution is 0.656. The lowest BCUT2D eigenvalue weighted by atomic mass is 9.82. The Bertz CT molecular complexity index is 2660. The molecule has 0 N–H and O–H groups in total. The smallest absolute Gasteiger partial charge is 0.137 e. The first kappa shape index (κ1) is 29.1. The lowest BCUT2D eigenvalue weighted by Gasteiger charge is -2.29. The summed E-state index contributed by atoms with van der Waals surface area (Å²) in [5.41, 5.74) is 18.0. The first-order valence-electron chi connectivity index (χ1n) is 17.6. The molecule has 2 heteroatoms. The molecule has 7 aromatic carbocycles. The predicted molar refractivity (Wildman–Crippen MR) is 209 cm³/mol. The van der Waals surface area contributed by atoms with Crippen LogP contribution in [0.5, 0.6) is 0 Å². The van der Waals surface area contributed by atoms with Crippen LogP contribution in [0, 0.1) is 0 Å². The molecule has 50 heavy (non-hydrogen) atoms. The van der Waals surface area contributed by atoms with Crippen molar-refractivity contribution >= 4 is 39.0 Å². The van der Waals surface area contributed by atoms with Gasteiger partial charge in [-0.25, -0.2) is 0 Å². The lowest BCUT2D eigenvalue weighted by Crippen LogP contribution is -2.16. The third kappa shape index (κ3) is 3.96. The molecule has 0 saturated carbocycles. The Balaban J connectivity index is 1.21. The minimum atomic E-state index is -0.111. The molecule has 0 bridgehead atoms. The molecule has 0 fully saturated rings. The molecule has 0 saturated heterocycles. The van der Waals surface area contributed by atoms with Gasteiger partial charge in [0.05, 0.1) is 5.69 Å². The van der Waals surface area contributed by atoms with Crippen LogP contribution in [-0.2, 0) is 10.8 Å². The summed E-state index contributed by atoms with van der Waals surface area (Å²) < 4.78 is 6.76. The van der Waals surface area contributed by atoms with E-state index in [-0.39, 0.29) is 10.8 Å². The van der Waals surface area contributed by atoms with Crippen molar-refractivity contribution in [3.8, 4) is 33.4 Å². The summed E-state index contributed by atoms with van der Waals surface area (Å²) in [5, 5.41) is 2.35. The number of para-hydroxylation sites is 1. The van der Waals surface area contributed by atoms with Gasteiger partial charge in [0.25, 0.3) is 0 Å². The van der Waals surface area contributed by atoms with Crippen molar-refractivity contribution in [1.29, 1.82) is 0 Å². The number of fused-ring (bicyclic) bond motifs is 10. The minimum Gasteiger partial charge on any atom is -0.456 e. The molecular weight excluding hydrogens is 607 g/mol. The van der Waals surface area contributed by atoms with Gasteiger partial charge in [-0.15, -0.1) is 0 Å². The highest BCUT2D eigenvalue weighted by molar-refractivity contribution is 6.15. The molecule has 0 radical (unpaired) electrons. The molecule has 0 amide bonds. The fraction of sp³-hybridized carbons (Fsp3) is 0.125. The summed E-state index contributed by atoms with van der Waals surface area (Å²) in [7, 11) is 0. The van der Waals surface area contributed by atoms with Crippen LogP contribution in [0.15, 0.2) is 156 Å². The van der Waals surface area contributed by atoms with Crippen molar-refractivity contribution in [3.63, 3.8) is 0 Å².